The van der Waals surface area contributed by atoms with Gasteiger partial charge in [0.25, 0.3) is 0 Å². The Balaban J connectivity index is 2.04. The fourth-order valence-corrected chi connectivity index (χ4v) is 2.79. The average molecular weight is 326 g/mol. The summed E-state index contributed by atoms with van der Waals surface area (Å²) in [6.45, 7) is 3.09. The predicted octanol–water partition coefficient (Wildman–Crippen LogP) is 5.46. The fraction of sp³-hybridized carbons (Fsp3) is 0.263. The molecule has 118 valence electrons. The molecule has 1 aromatic heterocycles. The molecule has 3 aromatic rings. The number of nitrogens with zero attached hydrogens (tertiary/aromatic N) is 3. The van der Waals surface area contributed by atoms with Crippen LogP contribution in [0.25, 0.3) is 22.5 Å². The van der Waals surface area contributed by atoms with E-state index in [4.69, 9.17) is 11.6 Å². The average Bonchev–Trinajstić information content (AvgIpc) is 3.00. The van der Waals surface area contributed by atoms with Crippen LogP contribution < -0.4 is 0 Å². The van der Waals surface area contributed by atoms with Crippen molar-refractivity contribution < 1.29 is 0 Å². The van der Waals surface area contributed by atoms with Gasteiger partial charge >= 0.3 is 0 Å². The number of aryl methyl sites for hydroxylation is 1. The summed E-state index contributed by atoms with van der Waals surface area (Å²) in [7, 11) is 0. The van der Waals surface area contributed by atoms with Crippen molar-refractivity contribution in [3.8, 4) is 22.5 Å². The Morgan fingerprint density at radius 1 is 0.913 bits per heavy atom. The second-order valence-corrected chi connectivity index (χ2v) is 6.03. The summed E-state index contributed by atoms with van der Waals surface area (Å²) in [6, 6.07) is 18.1. The highest BCUT2D eigenvalue weighted by molar-refractivity contribution is 6.30. The van der Waals surface area contributed by atoms with E-state index in [2.05, 4.69) is 29.4 Å². The number of rotatable bonds is 6. The molecule has 0 aliphatic rings. The number of unbranched alkanes of at least 4 members (excludes halogenated alkanes) is 2. The SMILES string of the molecule is CCCCCn1nnc(-c2ccccc2)c1-c1ccc(Cl)cc1. The van der Waals surface area contributed by atoms with E-state index in [0.717, 1.165) is 40.5 Å². The summed E-state index contributed by atoms with van der Waals surface area (Å²) in [5.41, 5.74) is 4.15. The Labute approximate surface area is 141 Å². The quantitative estimate of drug-likeness (QED) is 0.564. The minimum Gasteiger partial charge on any atom is -0.244 e. The van der Waals surface area contributed by atoms with Gasteiger partial charge in [0.2, 0.25) is 0 Å². The first-order valence-corrected chi connectivity index (χ1v) is 8.42. The van der Waals surface area contributed by atoms with Crippen LogP contribution in [0.4, 0.5) is 0 Å². The van der Waals surface area contributed by atoms with E-state index in [0.29, 0.717) is 0 Å². The molecule has 0 amide bonds. The summed E-state index contributed by atoms with van der Waals surface area (Å²) in [5, 5.41) is 9.58. The molecule has 0 saturated heterocycles. The van der Waals surface area contributed by atoms with E-state index in [1.165, 1.54) is 12.8 Å². The van der Waals surface area contributed by atoms with Gasteiger partial charge < -0.3 is 0 Å². The maximum absolute atomic E-state index is 6.03. The van der Waals surface area contributed by atoms with Gasteiger partial charge in [0.1, 0.15) is 5.69 Å². The topological polar surface area (TPSA) is 30.7 Å². The van der Waals surface area contributed by atoms with Crippen LogP contribution in [0.5, 0.6) is 0 Å². The van der Waals surface area contributed by atoms with Gasteiger partial charge in [0, 0.05) is 22.7 Å². The molecule has 23 heavy (non-hydrogen) atoms. The van der Waals surface area contributed by atoms with E-state index in [1.807, 2.05) is 47.1 Å². The van der Waals surface area contributed by atoms with E-state index in [-0.39, 0.29) is 0 Å². The molecule has 0 aliphatic heterocycles. The van der Waals surface area contributed by atoms with Gasteiger partial charge in [-0.05, 0) is 18.6 Å². The molecular formula is C19H20ClN3. The molecule has 3 rings (SSSR count). The smallest absolute Gasteiger partial charge is 0.121 e. The standard InChI is InChI=1S/C19H20ClN3/c1-2-3-7-14-23-19(16-10-12-17(20)13-11-16)18(21-22-23)15-8-5-4-6-9-15/h4-6,8-13H,2-3,7,14H2,1H3. The Kier molecular flexibility index (Phi) is 5.09. The third kappa shape index (κ3) is 3.62. The Hall–Kier alpha value is -2.13. The highest BCUT2D eigenvalue weighted by atomic mass is 35.5. The molecule has 3 nitrogen and oxygen atoms in total. The normalized spacial score (nSPS) is 10.9. The Bertz CT molecular complexity index is 748. The minimum atomic E-state index is 0.736. The summed E-state index contributed by atoms with van der Waals surface area (Å²) >= 11 is 6.03. The molecule has 0 spiro atoms. The van der Waals surface area contributed by atoms with Crippen LogP contribution in [0.2, 0.25) is 5.02 Å². The van der Waals surface area contributed by atoms with Crippen molar-refractivity contribution in [3.05, 3.63) is 59.6 Å². The van der Waals surface area contributed by atoms with E-state index in [9.17, 15) is 0 Å². The van der Waals surface area contributed by atoms with Crippen LogP contribution >= 0.6 is 11.6 Å². The lowest BCUT2D eigenvalue weighted by Gasteiger charge is -2.08. The lowest BCUT2D eigenvalue weighted by atomic mass is 10.0. The highest BCUT2D eigenvalue weighted by Gasteiger charge is 2.16. The van der Waals surface area contributed by atoms with E-state index < -0.39 is 0 Å². The molecule has 0 radical (unpaired) electrons. The maximum Gasteiger partial charge on any atom is 0.121 e. The molecule has 1 heterocycles. The minimum absolute atomic E-state index is 0.736. The van der Waals surface area contributed by atoms with Crippen molar-refractivity contribution in [3.63, 3.8) is 0 Å². The zero-order valence-corrected chi connectivity index (χ0v) is 14.0. The number of halogens is 1. The van der Waals surface area contributed by atoms with Crippen molar-refractivity contribution in [2.24, 2.45) is 0 Å². The van der Waals surface area contributed by atoms with E-state index >= 15 is 0 Å². The highest BCUT2D eigenvalue weighted by Crippen LogP contribution is 2.31. The van der Waals surface area contributed by atoms with Crippen molar-refractivity contribution in [1.29, 1.82) is 0 Å². The third-order valence-electron chi connectivity index (χ3n) is 3.87. The molecule has 0 aliphatic carbocycles. The number of aromatic nitrogens is 3. The molecule has 4 heteroatoms. The largest absolute Gasteiger partial charge is 0.244 e. The molecular weight excluding hydrogens is 306 g/mol. The van der Waals surface area contributed by atoms with Crippen molar-refractivity contribution in [1.82, 2.24) is 15.0 Å². The van der Waals surface area contributed by atoms with Gasteiger partial charge in [0.15, 0.2) is 0 Å². The molecule has 0 bridgehead atoms. The lowest BCUT2D eigenvalue weighted by Crippen LogP contribution is -2.03. The van der Waals surface area contributed by atoms with Gasteiger partial charge in [-0.1, -0.05) is 79.0 Å². The summed E-state index contributed by atoms with van der Waals surface area (Å²) in [6.07, 6.45) is 3.49. The third-order valence-corrected chi connectivity index (χ3v) is 4.13. The zero-order valence-electron chi connectivity index (χ0n) is 13.2. The molecule has 0 saturated carbocycles. The van der Waals surface area contributed by atoms with Crippen molar-refractivity contribution in [2.75, 3.05) is 0 Å². The predicted molar refractivity (Wildman–Crippen MR) is 95.4 cm³/mol. The maximum atomic E-state index is 6.03. The van der Waals surface area contributed by atoms with Gasteiger partial charge in [-0.25, -0.2) is 4.68 Å². The van der Waals surface area contributed by atoms with Gasteiger partial charge in [-0.15, -0.1) is 5.10 Å². The number of benzene rings is 2. The Morgan fingerprint density at radius 3 is 2.35 bits per heavy atom. The number of hydrogen-bond acceptors (Lipinski definition) is 2. The number of hydrogen-bond donors (Lipinski definition) is 0. The summed E-state index contributed by atoms with van der Waals surface area (Å²) < 4.78 is 2.02. The monoisotopic (exact) mass is 325 g/mol. The van der Waals surface area contributed by atoms with Crippen LogP contribution in [-0.2, 0) is 6.54 Å². The van der Waals surface area contributed by atoms with Gasteiger partial charge in [-0.3, -0.25) is 0 Å². The van der Waals surface area contributed by atoms with Crippen LogP contribution in [0.1, 0.15) is 26.2 Å². The molecule has 0 atom stereocenters. The van der Waals surface area contributed by atoms with Crippen LogP contribution in [0, 0.1) is 0 Å². The van der Waals surface area contributed by atoms with Gasteiger partial charge in [-0.2, -0.15) is 0 Å². The first-order valence-electron chi connectivity index (χ1n) is 8.04. The van der Waals surface area contributed by atoms with Crippen LogP contribution in [0.15, 0.2) is 54.6 Å². The Morgan fingerprint density at radius 2 is 1.65 bits per heavy atom. The zero-order chi connectivity index (χ0) is 16.1. The van der Waals surface area contributed by atoms with Crippen LogP contribution in [0.3, 0.4) is 0 Å². The van der Waals surface area contributed by atoms with Gasteiger partial charge in [0.05, 0.1) is 5.69 Å². The molecule has 0 fully saturated rings. The molecule has 0 unspecified atom stereocenters. The fourth-order valence-electron chi connectivity index (χ4n) is 2.67. The van der Waals surface area contributed by atoms with Crippen LogP contribution in [-0.4, -0.2) is 15.0 Å². The van der Waals surface area contributed by atoms with E-state index in [1.54, 1.807) is 0 Å². The summed E-state index contributed by atoms with van der Waals surface area (Å²) in [5.74, 6) is 0. The summed E-state index contributed by atoms with van der Waals surface area (Å²) in [4.78, 5) is 0. The molecule has 0 N–H and O–H groups in total. The first-order chi connectivity index (χ1) is 11.3. The first kappa shape index (κ1) is 15.8. The van der Waals surface area contributed by atoms with Crippen molar-refractivity contribution >= 4 is 11.6 Å². The second-order valence-electron chi connectivity index (χ2n) is 5.59. The second kappa shape index (κ2) is 7.42. The lowest BCUT2D eigenvalue weighted by molar-refractivity contribution is 0.541. The van der Waals surface area contributed by atoms with Crippen molar-refractivity contribution in [2.45, 2.75) is 32.7 Å². The molecule has 2 aromatic carbocycles.